The second-order valence-electron chi connectivity index (χ2n) is 4.24. The smallest absolute Gasteiger partial charge is 0.377 e. The van der Waals surface area contributed by atoms with Crippen LogP contribution in [0.1, 0.15) is 32.6 Å². The van der Waals surface area contributed by atoms with Gasteiger partial charge in [-0.25, -0.2) is 0 Å². The minimum atomic E-state index is -4.21. The molecule has 3 atom stereocenters. The van der Waals surface area contributed by atoms with Gasteiger partial charge in [-0.15, -0.1) is 0 Å². The molecule has 0 aromatic carbocycles. The Bertz CT molecular complexity index is 196. The molecule has 1 rings (SSSR count). The van der Waals surface area contributed by atoms with Crippen LogP contribution in [0.4, 0.5) is 13.2 Å². The number of hydrogen-bond acceptors (Lipinski definition) is 1. The summed E-state index contributed by atoms with van der Waals surface area (Å²) in [6, 6.07) is 0. The molecule has 0 spiro atoms. The van der Waals surface area contributed by atoms with Crippen LogP contribution in [0, 0.1) is 5.92 Å². The first-order valence-electron chi connectivity index (χ1n) is 5.22. The molecule has 0 aromatic rings. The topological polar surface area (TPSA) is 9.23 Å². The van der Waals surface area contributed by atoms with Crippen molar-refractivity contribution in [2.75, 3.05) is 6.61 Å². The quantitative estimate of drug-likeness (QED) is 0.716. The van der Waals surface area contributed by atoms with E-state index in [0.29, 0.717) is 5.92 Å². The van der Waals surface area contributed by atoms with Gasteiger partial charge in [-0.2, -0.15) is 13.2 Å². The third-order valence-corrected chi connectivity index (χ3v) is 3.51. The molecule has 1 nitrogen and oxygen atoms in total. The fraction of sp³-hybridized carbons (Fsp3) is 1.00. The third-order valence-electron chi connectivity index (χ3n) is 2.72. The van der Waals surface area contributed by atoms with Crippen LogP contribution >= 0.6 is 15.9 Å². The monoisotopic (exact) mass is 288 g/mol. The van der Waals surface area contributed by atoms with E-state index in [1.54, 1.807) is 0 Å². The first-order valence-corrected chi connectivity index (χ1v) is 6.13. The Morgan fingerprint density at radius 2 is 2.07 bits per heavy atom. The molecule has 0 amide bonds. The zero-order chi connectivity index (χ0) is 11.5. The molecule has 0 aromatic heterocycles. The van der Waals surface area contributed by atoms with E-state index < -0.39 is 11.0 Å². The number of ether oxygens (including phenoxy) is 1. The van der Waals surface area contributed by atoms with Crippen molar-refractivity contribution in [1.82, 2.24) is 0 Å². The predicted molar refractivity (Wildman–Crippen MR) is 56.1 cm³/mol. The second kappa shape index (κ2) is 5.53. The predicted octanol–water partition coefficient (Wildman–Crippen LogP) is 3.91. The van der Waals surface area contributed by atoms with Crippen LogP contribution < -0.4 is 0 Å². The Hall–Kier alpha value is 0.230. The molecule has 0 N–H and O–H groups in total. The highest BCUT2D eigenvalue weighted by atomic mass is 79.9. The summed E-state index contributed by atoms with van der Waals surface area (Å²) in [6.07, 6.45) is -0.197. The lowest BCUT2D eigenvalue weighted by molar-refractivity contribution is -0.142. The van der Waals surface area contributed by atoms with Crippen LogP contribution in [0.25, 0.3) is 0 Å². The summed E-state index contributed by atoms with van der Waals surface area (Å²) in [6.45, 7) is 1.84. The molecule has 0 saturated heterocycles. The van der Waals surface area contributed by atoms with Gasteiger partial charge in [-0.3, -0.25) is 0 Å². The van der Waals surface area contributed by atoms with Gasteiger partial charge in [0.05, 0.1) is 12.7 Å². The second-order valence-corrected chi connectivity index (χ2v) is 5.34. The molecule has 0 bridgehead atoms. The van der Waals surface area contributed by atoms with Crippen molar-refractivity contribution in [3.05, 3.63) is 0 Å². The number of halogens is 4. The molecule has 5 heteroatoms. The van der Waals surface area contributed by atoms with E-state index in [1.807, 2.05) is 0 Å². The molecule has 90 valence electrons. The van der Waals surface area contributed by atoms with Crippen LogP contribution in [0.5, 0.6) is 0 Å². The van der Waals surface area contributed by atoms with Crippen molar-refractivity contribution in [1.29, 1.82) is 0 Å². The van der Waals surface area contributed by atoms with E-state index >= 15 is 0 Å². The molecule has 0 heterocycles. The van der Waals surface area contributed by atoms with E-state index in [1.165, 1.54) is 0 Å². The minimum Gasteiger partial charge on any atom is -0.377 e. The van der Waals surface area contributed by atoms with Crippen molar-refractivity contribution in [3.63, 3.8) is 0 Å². The standard InChI is InChI=1S/C10H16BrF3O/c1-7-3-2-4-8(5-7)15-6-9(11)10(12,13)14/h7-9H,2-6H2,1H3. The lowest BCUT2D eigenvalue weighted by Gasteiger charge is -2.27. The Labute approximate surface area is 96.5 Å². The van der Waals surface area contributed by atoms with Gasteiger partial charge < -0.3 is 4.74 Å². The summed E-state index contributed by atoms with van der Waals surface area (Å²) in [5.41, 5.74) is 0. The average molecular weight is 289 g/mol. The van der Waals surface area contributed by atoms with Crippen LogP contribution in [-0.4, -0.2) is 23.7 Å². The van der Waals surface area contributed by atoms with Crippen LogP contribution in [0.15, 0.2) is 0 Å². The SMILES string of the molecule is CC1CCCC(OCC(Br)C(F)(F)F)C1. The van der Waals surface area contributed by atoms with Crippen molar-refractivity contribution in [3.8, 4) is 0 Å². The molecule has 3 unspecified atom stereocenters. The van der Waals surface area contributed by atoms with Crippen molar-refractivity contribution < 1.29 is 17.9 Å². The first-order chi connectivity index (χ1) is 6.89. The van der Waals surface area contributed by atoms with Crippen LogP contribution in [0.3, 0.4) is 0 Å². The van der Waals surface area contributed by atoms with Crippen molar-refractivity contribution in [2.24, 2.45) is 5.92 Å². The largest absolute Gasteiger partial charge is 0.403 e. The van der Waals surface area contributed by atoms with Gasteiger partial charge in [-0.05, 0) is 18.8 Å². The van der Waals surface area contributed by atoms with Crippen molar-refractivity contribution in [2.45, 2.75) is 49.7 Å². The number of hydrogen-bond donors (Lipinski definition) is 0. The van der Waals surface area contributed by atoms with Crippen LogP contribution in [0.2, 0.25) is 0 Å². The maximum atomic E-state index is 12.2. The Kier molecular flexibility index (Phi) is 4.90. The van der Waals surface area contributed by atoms with E-state index in [4.69, 9.17) is 4.74 Å². The zero-order valence-electron chi connectivity index (χ0n) is 8.69. The lowest BCUT2D eigenvalue weighted by Crippen LogP contribution is -2.31. The Balaban J connectivity index is 2.24. The zero-order valence-corrected chi connectivity index (χ0v) is 10.3. The van der Waals surface area contributed by atoms with E-state index in [9.17, 15) is 13.2 Å². The van der Waals surface area contributed by atoms with Gasteiger partial charge in [0.15, 0.2) is 0 Å². The molecule has 1 aliphatic rings. The van der Waals surface area contributed by atoms with E-state index in [0.717, 1.165) is 25.7 Å². The molecule has 1 aliphatic carbocycles. The van der Waals surface area contributed by atoms with Gasteiger partial charge in [0.1, 0.15) is 4.83 Å². The average Bonchev–Trinajstić information content (AvgIpc) is 2.12. The lowest BCUT2D eigenvalue weighted by atomic mass is 9.89. The van der Waals surface area contributed by atoms with Crippen molar-refractivity contribution >= 4 is 15.9 Å². The van der Waals surface area contributed by atoms with Gasteiger partial charge in [-0.1, -0.05) is 35.7 Å². The van der Waals surface area contributed by atoms with Crippen LogP contribution in [-0.2, 0) is 4.74 Å². The summed E-state index contributed by atoms with van der Waals surface area (Å²) >= 11 is 2.59. The van der Waals surface area contributed by atoms with E-state index in [2.05, 4.69) is 22.9 Å². The molecule has 15 heavy (non-hydrogen) atoms. The molecular formula is C10H16BrF3O. The summed E-state index contributed by atoms with van der Waals surface area (Å²) < 4.78 is 41.7. The summed E-state index contributed by atoms with van der Waals surface area (Å²) in [5, 5.41) is 0. The summed E-state index contributed by atoms with van der Waals surface area (Å²) in [7, 11) is 0. The van der Waals surface area contributed by atoms with Gasteiger partial charge in [0, 0.05) is 0 Å². The highest BCUT2D eigenvalue weighted by Gasteiger charge is 2.38. The van der Waals surface area contributed by atoms with Gasteiger partial charge in [0.25, 0.3) is 0 Å². The Morgan fingerprint density at radius 1 is 1.40 bits per heavy atom. The number of alkyl halides is 4. The molecule has 1 fully saturated rings. The molecule has 1 saturated carbocycles. The molecular weight excluding hydrogens is 273 g/mol. The third kappa shape index (κ3) is 4.72. The molecule has 0 radical (unpaired) electrons. The van der Waals surface area contributed by atoms with E-state index in [-0.39, 0.29) is 12.7 Å². The summed E-state index contributed by atoms with van der Waals surface area (Å²) in [5.74, 6) is 0.573. The summed E-state index contributed by atoms with van der Waals surface area (Å²) in [4.78, 5) is -1.54. The highest BCUT2D eigenvalue weighted by Crippen LogP contribution is 2.29. The Morgan fingerprint density at radius 3 is 2.60 bits per heavy atom. The molecule has 0 aliphatic heterocycles. The first kappa shape index (κ1) is 13.3. The maximum absolute atomic E-state index is 12.2. The highest BCUT2D eigenvalue weighted by molar-refractivity contribution is 9.09. The van der Waals surface area contributed by atoms with Gasteiger partial charge in [0.2, 0.25) is 0 Å². The minimum absolute atomic E-state index is 0.0103. The number of rotatable bonds is 3. The van der Waals surface area contributed by atoms with Gasteiger partial charge >= 0.3 is 6.18 Å². The normalized spacial score (nSPS) is 30.2. The maximum Gasteiger partial charge on any atom is 0.403 e. The fourth-order valence-corrected chi connectivity index (χ4v) is 2.00. The fourth-order valence-electron chi connectivity index (χ4n) is 1.84.